The molecular weight excluding hydrogens is 258 g/mol. The molecule has 20 heavy (non-hydrogen) atoms. The molecule has 0 aliphatic rings. The van der Waals surface area contributed by atoms with Gasteiger partial charge in [0, 0.05) is 26.6 Å². The van der Waals surface area contributed by atoms with Gasteiger partial charge in [-0.15, -0.1) is 0 Å². The number of methoxy groups -OCH3 is 1. The van der Waals surface area contributed by atoms with Gasteiger partial charge in [-0.2, -0.15) is 15.0 Å². The fourth-order valence-electron chi connectivity index (χ4n) is 1.68. The van der Waals surface area contributed by atoms with E-state index in [1.807, 2.05) is 0 Å². The molecule has 1 unspecified atom stereocenters. The maximum atomic E-state index is 5.16. The van der Waals surface area contributed by atoms with E-state index < -0.39 is 0 Å². The Balaban J connectivity index is 2.26. The highest BCUT2D eigenvalue weighted by Crippen LogP contribution is 2.10. The van der Waals surface area contributed by atoms with Gasteiger partial charge in [-0.1, -0.05) is 6.92 Å². The summed E-state index contributed by atoms with van der Waals surface area (Å²) in [4.78, 5) is 17.0. The average Bonchev–Trinajstić information content (AvgIpc) is 3.00. The molecule has 1 atom stereocenters. The summed E-state index contributed by atoms with van der Waals surface area (Å²) in [6.07, 6.45) is 6.01. The van der Waals surface area contributed by atoms with Gasteiger partial charge in [0.15, 0.2) is 0 Å². The Morgan fingerprint density at radius 1 is 1.30 bits per heavy atom. The number of anilines is 2. The first-order valence-electron chi connectivity index (χ1n) is 6.44. The predicted octanol–water partition coefficient (Wildman–Crippen LogP) is 0.936. The lowest BCUT2D eigenvalue weighted by atomic mass is 10.2. The molecule has 0 aliphatic carbocycles. The molecule has 8 heteroatoms. The molecule has 2 N–H and O–H groups in total. The number of aromatic nitrogens is 5. The molecule has 0 saturated carbocycles. The number of hydrogen-bond donors (Lipinski definition) is 2. The van der Waals surface area contributed by atoms with Crippen molar-refractivity contribution >= 4 is 11.9 Å². The van der Waals surface area contributed by atoms with Crippen LogP contribution in [0.5, 0.6) is 0 Å². The maximum Gasteiger partial charge on any atom is 0.241 e. The lowest BCUT2D eigenvalue weighted by molar-refractivity contribution is 0.184. The van der Waals surface area contributed by atoms with Crippen molar-refractivity contribution in [3.05, 3.63) is 18.7 Å². The van der Waals surface area contributed by atoms with Crippen LogP contribution in [0.25, 0.3) is 5.95 Å². The topological polar surface area (TPSA) is 89.8 Å². The number of rotatable bonds is 7. The lowest BCUT2D eigenvalue weighted by Gasteiger charge is -2.16. The molecule has 0 aromatic carbocycles. The highest BCUT2D eigenvalue weighted by molar-refractivity contribution is 5.38. The Hall–Kier alpha value is -2.22. The van der Waals surface area contributed by atoms with Gasteiger partial charge in [0.05, 0.1) is 12.6 Å². The summed E-state index contributed by atoms with van der Waals surface area (Å²) in [6, 6.07) is 0.155. The van der Waals surface area contributed by atoms with Gasteiger partial charge < -0.3 is 15.4 Å². The highest BCUT2D eigenvalue weighted by Gasteiger charge is 2.11. The molecule has 0 bridgehead atoms. The van der Waals surface area contributed by atoms with Crippen molar-refractivity contribution in [3.8, 4) is 5.95 Å². The van der Waals surface area contributed by atoms with Gasteiger partial charge in [0.2, 0.25) is 17.8 Å². The third-order valence-corrected chi connectivity index (χ3v) is 2.78. The highest BCUT2D eigenvalue weighted by atomic mass is 16.5. The van der Waals surface area contributed by atoms with E-state index in [1.165, 1.54) is 0 Å². The normalized spacial score (nSPS) is 12.2. The number of ether oxygens (including phenoxy) is 1. The molecule has 0 spiro atoms. The van der Waals surface area contributed by atoms with E-state index in [1.54, 1.807) is 37.4 Å². The summed E-state index contributed by atoms with van der Waals surface area (Å²) < 4.78 is 6.89. The third-order valence-electron chi connectivity index (χ3n) is 2.78. The molecule has 108 valence electrons. The van der Waals surface area contributed by atoms with Crippen LogP contribution in [0.4, 0.5) is 11.9 Å². The van der Waals surface area contributed by atoms with Crippen LogP contribution in [0.1, 0.15) is 13.3 Å². The van der Waals surface area contributed by atoms with E-state index in [0.717, 1.165) is 6.42 Å². The molecule has 8 nitrogen and oxygen atoms in total. The lowest BCUT2D eigenvalue weighted by Crippen LogP contribution is -2.25. The SMILES string of the molecule is CCC(COC)Nc1nc(NC)nc(-n2ccnc2)n1. The molecule has 2 aromatic rings. The first-order valence-corrected chi connectivity index (χ1v) is 6.44. The minimum absolute atomic E-state index is 0.155. The minimum Gasteiger partial charge on any atom is -0.383 e. The van der Waals surface area contributed by atoms with Crippen LogP contribution in [0.15, 0.2) is 18.7 Å². The van der Waals surface area contributed by atoms with Crippen LogP contribution in [0.2, 0.25) is 0 Å². The van der Waals surface area contributed by atoms with Crippen molar-refractivity contribution < 1.29 is 4.74 Å². The van der Waals surface area contributed by atoms with Crippen molar-refractivity contribution in [1.29, 1.82) is 0 Å². The number of nitrogens with zero attached hydrogens (tertiary/aromatic N) is 5. The molecule has 2 rings (SSSR count). The molecule has 0 amide bonds. The summed E-state index contributed by atoms with van der Waals surface area (Å²) in [7, 11) is 3.44. The molecule has 0 fully saturated rings. The number of hydrogen-bond acceptors (Lipinski definition) is 7. The van der Waals surface area contributed by atoms with Crippen LogP contribution < -0.4 is 10.6 Å². The third kappa shape index (κ3) is 3.41. The Morgan fingerprint density at radius 2 is 2.10 bits per heavy atom. The first-order chi connectivity index (χ1) is 9.76. The van der Waals surface area contributed by atoms with Gasteiger partial charge in [-0.05, 0) is 6.42 Å². The fourth-order valence-corrected chi connectivity index (χ4v) is 1.68. The minimum atomic E-state index is 0.155. The van der Waals surface area contributed by atoms with Crippen LogP contribution in [-0.2, 0) is 4.74 Å². The van der Waals surface area contributed by atoms with Crippen molar-refractivity contribution in [1.82, 2.24) is 24.5 Å². The zero-order valence-corrected chi connectivity index (χ0v) is 11.9. The largest absolute Gasteiger partial charge is 0.383 e. The smallest absolute Gasteiger partial charge is 0.241 e. The summed E-state index contributed by atoms with van der Waals surface area (Å²) in [6.45, 7) is 2.67. The van der Waals surface area contributed by atoms with Crippen molar-refractivity contribution in [2.45, 2.75) is 19.4 Å². The van der Waals surface area contributed by atoms with Crippen molar-refractivity contribution in [2.75, 3.05) is 31.4 Å². The van der Waals surface area contributed by atoms with Gasteiger partial charge in [0.25, 0.3) is 0 Å². The molecular formula is C12H19N7O. The van der Waals surface area contributed by atoms with Gasteiger partial charge in [0.1, 0.15) is 6.33 Å². The number of imidazole rings is 1. The van der Waals surface area contributed by atoms with Crippen LogP contribution in [0.3, 0.4) is 0 Å². The summed E-state index contributed by atoms with van der Waals surface area (Å²) in [5.74, 6) is 1.52. The van der Waals surface area contributed by atoms with E-state index in [4.69, 9.17) is 4.74 Å². The number of nitrogens with one attached hydrogen (secondary N) is 2. The summed E-state index contributed by atoms with van der Waals surface area (Å²) in [5.41, 5.74) is 0. The van der Waals surface area contributed by atoms with Crippen LogP contribution in [-0.4, -0.2) is 51.3 Å². The maximum absolute atomic E-state index is 5.16. The zero-order chi connectivity index (χ0) is 14.4. The Kier molecular flexibility index (Phi) is 4.83. The molecule has 2 heterocycles. The second-order valence-electron chi connectivity index (χ2n) is 4.21. The van der Waals surface area contributed by atoms with Gasteiger partial charge in [-0.25, -0.2) is 4.98 Å². The average molecular weight is 277 g/mol. The molecule has 2 aromatic heterocycles. The van der Waals surface area contributed by atoms with Crippen LogP contribution >= 0.6 is 0 Å². The first kappa shape index (κ1) is 14.2. The van der Waals surface area contributed by atoms with E-state index in [-0.39, 0.29) is 6.04 Å². The Bertz CT molecular complexity index is 529. The van der Waals surface area contributed by atoms with E-state index in [0.29, 0.717) is 24.5 Å². The molecule has 0 aliphatic heterocycles. The molecule has 0 radical (unpaired) electrons. The zero-order valence-electron chi connectivity index (χ0n) is 11.9. The second-order valence-corrected chi connectivity index (χ2v) is 4.21. The predicted molar refractivity (Wildman–Crippen MR) is 76.1 cm³/mol. The van der Waals surface area contributed by atoms with E-state index in [9.17, 15) is 0 Å². The van der Waals surface area contributed by atoms with Gasteiger partial charge in [-0.3, -0.25) is 4.57 Å². The summed E-state index contributed by atoms with van der Waals surface area (Å²) in [5, 5.41) is 6.17. The Morgan fingerprint density at radius 3 is 2.70 bits per heavy atom. The van der Waals surface area contributed by atoms with Crippen LogP contribution in [0, 0.1) is 0 Å². The quantitative estimate of drug-likeness (QED) is 0.778. The van der Waals surface area contributed by atoms with Gasteiger partial charge >= 0.3 is 0 Å². The Labute approximate surface area is 117 Å². The standard InChI is InChI=1S/C12H19N7O/c1-4-9(7-20-3)15-11-16-10(13-2)17-12(18-11)19-6-5-14-8-19/h5-6,8-9H,4,7H2,1-3H3,(H2,13,15,16,17,18). The van der Waals surface area contributed by atoms with Crippen molar-refractivity contribution in [2.24, 2.45) is 0 Å². The van der Waals surface area contributed by atoms with E-state index in [2.05, 4.69) is 37.5 Å². The summed E-state index contributed by atoms with van der Waals surface area (Å²) >= 11 is 0. The van der Waals surface area contributed by atoms with E-state index >= 15 is 0 Å². The monoisotopic (exact) mass is 277 g/mol. The fraction of sp³-hybridized carbons (Fsp3) is 0.500. The van der Waals surface area contributed by atoms with Crippen molar-refractivity contribution in [3.63, 3.8) is 0 Å². The molecule has 0 saturated heterocycles. The second kappa shape index (κ2) is 6.80.